The van der Waals surface area contributed by atoms with Gasteiger partial charge in [-0.05, 0) is 12.1 Å². The van der Waals surface area contributed by atoms with Crippen molar-refractivity contribution in [2.45, 2.75) is 18.6 Å². The van der Waals surface area contributed by atoms with Crippen LogP contribution in [0.1, 0.15) is 16.8 Å². The molecule has 2 aliphatic rings. The zero-order valence-electron chi connectivity index (χ0n) is 10.8. The lowest BCUT2D eigenvalue weighted by Gasteiger charge is -2.21. The fourth-order valence-corrected chi connectivity index (χ4v) is 2.79. The van der Waals surface area contributed by atoms with E-state index in [1.165, 1.54) is 12.1 Å². The summed E-state index contributed by atoms with van der Waals surface area (Å²) in [6.45, 7) is -0.00522. The number of likely N-dealkylation sites (tertiary alicyclic amines) is 1. The molecule has 1 aromatic carbocycles. The number of aliphatic carboxylic acids is 1. The smallest absolute Gasteiger partial charge is 0.326 e. The van der Waals surface area contributed by atoms with Crippen LogP contribution < -0.4 is 9.47 Å². The number of carboxylic acid groups (broad SMARTS) is 1. The first-order chi connectivity index (χ1) is 9.97. The van der Waals surface area contributed by atoms with Crippen LogP contribution in [0.25, 0.3) is 0 Å². The van der Waals surface area contributed by atoms with Crippen LogP contribution >= 0.6 is 11.6 Å². The van der Waals surface area contributed by atoms with Gasteiger partial charge in [0.2, 0.25) is 6.79 Å². The Bertz CT molecular complexity index is 619. The molecule has 0 bridgehead atoms. The fraction of sp³-hybridized carbons (Fsp3) is 0.385. The lowest BCUT2D eigenvalue weighted by Crippen LogP contribution is -2.40. The van der Waals surface area contributed by atoms with Crippen LogP contribution in [-0.4, -0.2) is 52.5 Å². The Kier molecular flexibility index (Phi) is 3.38. The second-order valence-corrected chi connectivity index (χ2v) is 5.30. The van der Waals surface area contributed by atoms with Gasteiger partial charge >= 0.3 is 5.97 Å². The Balaban J connectivity index is 1.92. The van der Waals surface area contributed by atoms with Crippen molar-refractivity contribution >= 4 is 23.5 Å². The summed E-state index contributed by atoms with van der Waals surface area (Å²) in [4.78, 5) is 24.8. The number of hydrogen-bond donors (Lipinski definition) is 2. The summed E-state index contributed by atoms with van der Waals surface area (Å²) in [7, 11) is 0. The van der Waals surface area contributed by atoms with Gasteiger partial charge in [0.25, 0.3) is 5.91 Å². The molecule has 3 rings (SSSR count). The zero-order valence-corrected chi connectivity index (χ0v) is 11.5. The molecule has 1 saturated heterocycles. The summed E-state index contributed by atoms with van der Waals surface area (Å²) in [6, 6.07) is 1.82. The minimum atomic E-state index is -1.15. The highest BCUT2D eigenvalue weighted by atomic mass is 35.5. The first-order valence-electron chi connectivity index (χ1n) is 6.28. The Morgan fingerprint density at radius 2 is 2.10 bits per heavy atom. The second kappa shape index (κ2) is 5.09. The van der Waals surface area contributed by atoms with Gasteiger partial charge in [0, 0.05) is 18.5 Å². The van der Waals surface area contributed by atoms with E-state index in [-0.39, 0.29) is 30.3 Å². The van der Waals surface area contributed by atoms with Crippen molar-refractivity contribution in [1.29, 1.82) is 0 Å². The van der Waals surface area contributed by atoms with Gasteiger partial charge in [0.15, 0.2) is 11.5 Å². The molecule has 0 radical (unpaired) electrons. The highest BCUT2D eigenvalue weighted by Crippen LogP contribution is 2.40. The standard InChI is InChI=1S/C13H12ClNO6/c14-8-1-6(2-10-11(8)21-5-20-10)12(17)15-4-7(16)3-9(15)13(18)19/h1-2,7,9,16H,3-5H2,(H,18,19)/t7?,9-/m0/s1. The number of carboxylic acids is 1. The topological polar surface area (TPSA) is 96.3 Å². The van der Waals surface area contributed by atoms with Gasteiger partial charge < -0.3 is 24.6 Å². The number of amides is 1. The normalized spacial score (nSPS) is 23.4. The molecule has 2 heterocycles. The summed E-state index contributed by atoms with van der Waals surface area (Å²) in [6.07, 6.45) is -0.834. The highest BCUT2D eigenvalue weighted by Gasteiger charge is 2.39. The summed E-state index contributed by atoms with van der Waals surface area (Å²) in [5.74, 6) is -0.951. The van der Waals surface area contributed by atoms with E-state index in [4.69, 9.17) is 26.2 Å². The average molecular weight is 314 g/mol. The number of carbonyl (C=O) groups excluding carboxylic acids is 1. The van der Waals surface area contributed by atoms with E-state index >= 15 is 0 Å². The predicted molar refractivity (Wildman–Crippen MR) is 70.7 cm³/mol. The molecule has 112 valence electrons. The number of fused-ring (bicyclic) bond motifs is 1. The van der Waals surface area contributed by atoms with E-state index in [0.717, 1.165) is 4.90 Å². The molecule has 2 atom stereocenters. The maximum Gasteiger partial charge on any atom is 0.326 e. The Hall–Kier alpha value is -1.99. The summed E-state index contributed by atoms with van der Waals surface area (Å²) < 4.78 is 10.3. The first kappa shape index (κ1) is 14.0. The number of ether oxygens (including phenoxy) is 2. The van der Waals surface area contributed by atoms with Crippen LogP contribution in [0.3, 0.4) is 0 Å². The maximum atomic E-state index is 12.5. The predicted octanol–water partition coefficient (Wildman–Crippen LogP) is 0.729. The van der Waals surface area contributed by atoms with Gasteiger partial charge in [0.05, 0.1) is 11.1 Å². The number of halogens is 1. The van der Waals surface area contributed by atoms with Crippen molar-refractivity contribution in [2.75, 3.05) is 13.3 Å². The van der Waals surface area contributed by atoms with E-state index < -0.39 is 24.0 Å². The van der Waals surface area contributed by atoms with Crippen LogP contribution in [0.2, 0.25) is 5.02 Å². The number of aliphatic hydroxyl groups excluding tert-OH is 1. The monoisotopic (exact) mass is 313 g/mol. The molecule has 7 nitrogen and oxygen atoms in total. The number of benzene rings is 1. The van der Waals surface area contributed by atoms with Crippen molar-refractivity contribution < 1.29 is 29.3 Å². The van der Waals surface area contributed by atoms with Crippen LogP contribution in [0.4, 0.5) is 0 Å². The molecule has 2 aliphatic heterocycles. The highest BCUT2D eigenvalue weighted by molar-refractivity contribution is 6.32. The molecule has 8 heteroatoms. The molecule has 0 spiro atoms. The lowest BCUT2D eigenvalue weighted by molar-refractivity contribution is -0.141. The van der Waals surface area contributed by atoms with Gasteiger partial charge in [-0.2, -0.15) is 0 Å². The lowest BCUT2D eigenvalue weighted by atomic mass is 10.1. The van der Waals surface area contributed by atoms with Gasteiger partial charge in [0.1, 0.15) is 6.04 Å². The van der Waals surface area contributed by atoms with Crippen LogP contribution in [0.15, 0.2) is 12.1 Å². The second-order valence-electron chi connectivity index (χ2n) is 4.89. The minimum absolute atomic E-state index is 0.0133. The van der Waals surface area contributed by atoms with Crippen LogP contribution in [0, 0.1) is 0 Å². The molecular weight excluding hydrogens is 302 g/mol. The number of β-amino-alcohol motifs (C(OH)–C–C–N with tert-alkyl or cyclic N) is 1. The number of rotatable bonds is 2. The molecule has 0 aromatic heterocycles. The molecule has 0 saturated carbocycles. The van der Waals surface area contributed by atoms with Crippen molar-refractivity contribution in [3.05, 3.63) is 22.7 Å². The quantitative estimate of drug-likeness (QED) is 0.835. The van der Waals surface area contributed by atoms with E-state index in [1.807, 2.05) is 0 Å². The minimum Gasteiger partial charge on any atom is -0.480 e. The molecule has 21 heavy (non-hydrogen) atoms. The summed E-state index contributed by atoms with van der Waals surface area (Å²) >= 11 is 6.01. The SMILES string of the molecule is O=C(O)[C@@H]1CC(O)CN1C(=O)c1cc(Cl)c2c(c1)OCO2. The largest absolute Gasteiger partial charge is 0.480 e. The Morgan fingerprint density at radius 3 is 2.81 bits per heavy atom. The Labute approximate surface area is 124 Å². The van der Waals surface area contributed by atoms with Crippen molar-refractivity contribution in [3.8, 4) is 11.5 Å². The van der Waals surface area contributed by atoms with E-state index in [0.29, 0.717) is 11.5 Å². The molecule has 1 unspecified atom stereocenters. The van der Waals surface area contributed by atoms with Gasteiger partial charge in [-0.25, -0.2) is 4.79 Å². The average Bonchev–Trinajstić information content (AvgIpc) is 3.04. The van der Waals surface area contributed by atoms with Crippen molar-refractivity contribution in [1.82, 2.24) is 4.90 Å². The van der Waals surface area contributed by atoms with E-state index in [2.05, 4.69) is 0 Å². The third-order valence-corrected chi connectivity index (χ3v) is 3.78. The molecule has 0 aliphatic carbocycles. The number of hydrogen-bond acceptors (Lipinski definition) is 5. The van der Waals surface area contributed by atoms with Gasteiger partial charge in [-0.1, -0.05) is 11.6 Å². The zero-order chi connectivity index (χ0) is 15.1. The molecule has 1 amide bonds. The van der Waals surface area contributed by atoms with Gasteiger partial charge in [-0.15, -0.1) is 0 Å². The molecule has 1 aromatic rings. The van der Waals surface area contributed by atoms with Gasteiger partial charge in [-0.3, -0.25) is 4.79 Å². The van der Waals surface area contributed by atoms with E-state index in [9.17, 15) is 14.7 Å². The molecule has 2 N–H and O–H groups in total. The molecular formula is C13H12ClNO6. The summed E-state index contributed by atoms with van der Waals surface area (Å²) in [5, 5.41) is 18.9. The number of carbonyl (C=O) groups is 2. The van der Waals surface area contributed by atoms with Crippen molar-refractivity contribution in [3.63, 3.8) is 0 Å². The number of nitrogens with zero attached hydrogens (tertiary/aromatic N) is 1. The van der Waals surface area contributed by atoms with Crippen molar-refractivity contribution in [2.24, 2.45) is 0 Å². The van der Waals surface area contributed by atoms with E-state index in [1.54, 1.807) is 0 Å². The first-order valence-corrected chi connectivity index (χ1v) is 6.66. The molecule has 1 fully saturated rings. The van der Waals surface area contributed by atoms with Crippen LogP contribution in [-0.2, 0) is 4.79 Å². The Morgan fingerprint density at radius 1 is 1.33 bits per heavy atom. The summed E-state index contributed by atoms with van der Waals surface area (Å²) in [5.41, 5.74) is 0.199. The number of aliphatic hydroxyl groups is 1. The third kappa shape index (κ3) is 2.38. The maximum absolute atomic E-state index is 12.5. The fourth-order valence-electron chi connectivity index (χ4n) is 2.53. The third-order valence-electron chi connectivity index (χ3n) is 3.50. The van der Waals surface area contributed by atoms with Crippen LogP contribution in [0.5, 0.6) is 11.5 Å².